The number of hydroxylamine groups is 2. The van der Waals surface area contributed by atoms with Gasteiger partial charge in [-0.25, -0.2) is 14.8 Å². The Balaban J connectivity index is 1.99. The third-order valence-corrected chi connectivity index (χ3v) is 7.32. The van der Waals surface area contributed by atoms with Crippen molar-refractivity contribution in [2.45, 2.75) is 39.5 Å². The molecule has 1 amide bonds. The summed E-state index contributed by atoms with van der Waals surface area (Å²) in [5.74, 6) is -0.0561. The Hall–Kier alpha value is -2.18. The van der Waals surface area contributed by atoms with Crippen LogP contribution in [0.1, 0.15) is 34.9 Å². The number of aliphatic hydroxyl groups is 1. The van der Waals surface area contributed by atoms with E-state index in [4.69, 9.17) is 28.0 Å². The lowest BCUT2D eigenvalue weighted by atomic mass is 10.1. The molecule has 4 heterocycles. The van der Waals surface area contributed by atoms with Gasteiger partial charge < -0.3 is 9.67 Å². The van der Waals surface area contributed by atoms with Crippen LogP contribution in [-0.4, -0.2) is 53.5 Å². The molecule has 32 heavy (non-hydrogen) atoms. The molecule has 0 aliphatic carbocycles. The maximum absolute atomic E-state index is 13.5. The first kappa shape index (κ1) is 23.0. The van der Waals surface area contributed by atoms with E-state index >= 15 is 0 Å². The molecule has 1 fully saturated rings. The Morgan fingerprint density at radius 3 is 2.53 bits per heavy atom. The number of imidazole rings is 1. The van der Waals surface area contributed by atoms with Crippen LogP contribution in [0, 0.1) is 6.92 Å². The molecule has 0 spiro atoms. The SMILES string of the molecule is CCn1c(=O)n(C)c(=O)c2c(C(=O)N3C[C@](C)(O)CO3)c(Cn3c(C)nc(Cl)c3Cl)sc21. The van der Waals surface area contributed by atoms with Crippen LogP contribution in [-0.2, 0) is 25.0 Å². The van der Waals surface area contributed by atoms with Crippen LogP contribution in [0.25, 0.3) is 10.2 Å². The Morgan fingerprint density at radius 2 is 2.00 bits per heavy atom. The quantitative estimate of drug-likeness (QED) is 0.583. The van der Waals surface area contributed by atoms with E-state index in [1.54, 1.807) is 25.3 Å². The fourth-order valence-electron chi connectivity index (χ4n) is 3.69. The largest absolute Gasteiger partial charge is 0.386 e. The molecule has 3 aromatic heterocycles. The lowest BCUT2D eigenvalue weighted by molar-refractivity contribution is -0.0796. The Labute approximate surface area is 196 Å². The van der Waals surface area contributed by atoms with Crippen LogP contribution in [0.2, 0.25) is 10.3 Å². The van der Waals surface area contributed by atoms with Gasteiger partial charge in [-0.1, -0.05) is 23.2 Å². The van der Waals surface area contributed by atoms with E-state index in [2.05, 4.69) is 4.98 Å². The Morgan fingerprint density at radius 1 is 1.31 bits per heavy atom. The normalized spacial score (nSPS) is 18.8. The first-order valence-electron chi connectivity index (χ1n) is 9.77. The number of hydrogen-bond acceptors (Lipinski definition) is 7. The van der Waals surface area contributed by atoms with Crippen molar-refractivity contribution in [3.63, 3.8) is 0 Å². The average Bonchev–Trinajstić information content (AvgIpc) is 3.36. The second kappa shape index (κ2) is 7.99. The number of aromatic nitrogens is 4. The van der Waals surface area contributed by atoms with Crippen molar-refractivity contribution in [2.24, 2.45) is 7.05 Å². The zero-order valence-corrected chi connectivity index (χ0v) is 20.1. The maximum atomic E-state index is 13.5. The van der Waals surface area contributed by atoms with Gasteiger partial charge in [-0.05, 0) is 20.8 Å². The summed E-state index contributed by atoms with van der Waals surface area (Å²) in [7, 11) is 1.37. The molecule has 172 valence electrons. The van der Waals surface area contributed by atoms with Crippen molar-refractivity contribution in [3.8, 4) is 0 Å². The number of nitrogens with zero attached hydrogens (tertiary/aromatic N) is 5. The van der Waals surface area contributed by atoms with E-state index < -0.39 is 22.8 Å². The van der Waals surface area contributed by atoms with Gasteiger partial charge in [-0.2, -0.15) is 0 Å². The number of aryl methyl sites for hydroxylation is 2. The summed E-state index contributed by atoms with van der Waals surface area (Å²) >= 11 is 13.5. The highest BCUT2D eigenvalue weighted by atomic mass is 35.5. The molecule has 13 heteroatoms. The lowest BCUT2D eigenvalue weighted by Gasteiger charge is -2.17. The molecule has 0 aromatic carbocycles. The summed E-state index contributed by atoms with van der Waals surface area (Å²) in [6, 6.07) is 0. The van der Waals surface area contributed by atoms with E-state index in [-0.39, 0.29) is 41.0 Å². The van der Waals surface area contributed by atoms with Crippen molar-refractivity contribution < 1.29 is 14.7 Å². The molecular weight excluding hydrogens is 481 g/mol. The van der Waals surface area contributed by atoms with Gasteiger partial charge in [0.05, 0.1) is 24.0 Å². The van der Waals surface area contributed by atoms with E-state index in [1.165, 1.54) is 11.6 Å². The van der Waals surface area contributed by atoms with Crippen LogP contribution < -0.4 is 11.2 Å². The van der Waals surface area contributed by atoms with E-state index in [9.17, 15) is 19.5 Å². The molecular formula is C19H21Cl2N5O5S. The number of carbonyl (C=O) groups is 1. The van der Waals surface area contributed by atoms with Crippen LogP contribution in [0.15, 0.2) is 9.59 Å². The van der Waals surface area contributed by atoms with Crippen molar-refractivity contribution in [1.82, 2.24) is 23.7 Å². The highest BCUT2D eigenvalue weighted by Gasteiger charge is 2.38. The number of carbonyl (C=O) groups excluding carboxylic acids is 1. The van der Waals surface area contributed by atoms with Crippen LogP contribution in [0.3, 0.4) is 0 Å². The predicted octanol–water partition coefficient (Wildman–Crippen LogP) is 1.78. The van der Waals surface area contributed by atoms with Crippen LogP contribution in [0.5, 0.6) is 0 Å². The lowest BCUT2D eigenvalue weighted by Crippen LogP contribution is -2.39. The molecule has 0 bridgehead atoms. The summed E-state index contributed by atoms with van der Waals surface area (Å²) in [4.78, 5) is 49.7. The average molecular weight is 502 g/mol. The first-order valence-corrected chi connectivity index (χ1v) is 11.3. The minimum absolute atomic E-state index is 0.0596. The zero-order valence-electron chi connectivity index (χ0n) is 17.8. The highest BCUT2D eigenvalue weighted by molar-refractivity contribution is 7.19. The van der Waals surface area contributed by atoms with Gasteiger partial charge in [0.15, 0.2) is 5.15 Å². The second-order valence-electron chi connectivity index (χ2n) is 7.91. The summed E-state index contributed by atoms with van der Waals surface area (Å²) in [6.45, 7) is 5.34. The molecule has 1 N–H and O–H groups in total. The number of rotatable bonds is 4. The van der Waals surface area contributed by atoms with Gasteiger partial charge in [0, 0.05) is 18.5 Å². The molecule has 1 aliphatic heterocycles. The van der Waals surface area contributed by atoms with Gasteiger partial charge in [0.2, 0.25) is 0 Å². The summed E-state index contributed by atoms with van der Waals surface area (Å²) < 4.78 is 4.04. The monoisotopic (exact) mass is 501 g/mol. The van der Waals surface area contributed by atoms with Gasteiger partial charge in [0.25, 0.3) is 11.5 Å². The van der Waals surface area contributed by atoms with Gasteiger partial charge in [-0.15, -0.1) is 11.3 Å². The number of hydrogen-bond donors (Lipinski definition) is 1. The number of thiophene rings is 1. The highest BCUT2D eigenvalue weighted by Crippen LogP contribution is 2.34. The van der Waals surface area contributed by atoms with Crippen LogP contribution >= 0.6 is 34.5 Å². The first-order chi connectivity index (χ1) is 15.0. The van der Waals surface area contributed by atoms with Gasteiger partial charge in [-0.3, -0.25) is 23.6 Å². The van der Waals surface area contributed by atoms with E-state index in [0.29, 0.717) is 22.1 Å². The van der Waals surface area contributed by atoms with Crippen molar-refractivity contribution >= 4 is 50.7 Å². The molecule has 0 saturated carbocycles. The fraction of sp³-hybridized carbons (Fsp3) is 0.474. The van der Waals surface area contributed by atoms with Crippen molar-refractivity contribution in [3.05, 3.63) is 47.4 Å². The minimum atomic E-state index is -1.21. The molecule has 1 aliphatic rings. The predicted molar refractivity (Wildman–Crippen MR) is 121 cm³/mol. The number of amides is 1. The van der Waals surface area contributed by atoms with E-state index in [1.807, 2.05) is 0 Å². The van der Waals surface area contributed by atoms with Gasteiger partial charge >= 0.3 is 5.69 Å². The third kappa shape index (κ3) is 3.57. The molecule has 1 saturated heterocycles. The third-order valence-electron chi connectivity index (χ3n) is 5.38. The van der Waals surface area contributed by atoms with E-state index in [0.717, 1.165) is 21.0 Å². The summed E-state index contributed by atoms with van der Waals surface area (Å²) in [6.07, 6.45) is 0. The Bertz CT molecular complexity index is 1370. The number of halogens is 2. The summed E-state index contributed by atoms with van der Waals surface area (Å²) in [5.41, 5.74) is -2.17. The molecule has 4 rings (SSSR count). The maximum Gasteiger partial charge on any atom is 0.331 e. The second-order valence-corrected chi connectivity index (χ2v) is 9.71. The Kier molecular flexibility index (Phi) is 5.74. The zero-order chi connectivity index (χ0) is 23.5. The molecule has 0 radical (unpaired) electrons. The number of β-amino-alcohol motifs (C(OH)–C–C–N with tert-alkyl or cyclic N) is 1. The molecule has 10 nitrogen and oxygen atoms in total. The topological polar surface area (TPSA) is 112 Å². The van der Waals surface area contributed by atoms with Gasteiger partial charge in [0.1, 0.15) is 28.0 Å². The van der Waals surface area contributed by atoms with Crippen molar-refractivity contribution in [1.29, 1.82) is 0 Å². The summed E-state index contributed by atoms with van der Waals surface area (Å²) in [5, 5.41) is 11.7. The van der Waals surface area contributed by atoms with Crippen molar-refractivity contribution in [2.75, 3.05) is 13.2 Å². The molecule has 1 atom stereocenters. The fourth-order valence-corrected chi connectivity index (χ4v) is 5.47. The standard InChI is InChI=1S/C19H21Cl2N5O5S/c1-5-24-17-12(15(27)23(4)18(24)29)11(16(28)26-7-19(3,30)8-31-26)10(32-17)6-25-9(2)22-13(20)14(25)21/h30H,5-8H2,1-4H3/t19-/m0/s1. The van der Waals surface area contributed by atoms with Crippen LogP contribution in [0.4, 0.5) is 0 Å². The molecule has 3 aromatic rings. The smallest absolute Gasteiger partial charge is 0.331 e. The minimum Gasteiger partial charge on any atom is -0.386 e. The molecule has 0 unspecified atom stereocenters. The number of fused-ring (bicyclic) bond motifs is 1.